The Hall–Kier alpha value is -1.50. The van der Waals surface area contributed by atoms with Crippen molar-refractivity contribution in [3.63, 3.8) is 0 Å². The lowest BCUT2D eigenvalue weighted by Gasteiger charge is -2.18. The molecule has 0 spiro atoms. The molecular weight excluding hydrogens is 241 g/mol. The molecule has 0 bridgehead atoms. The van der Waals surface area contributed by atoms with Crippen LogP contribution in [0.3, 0.4) is 0 Å². The van der Waals surface area contributed by atoms with E-state index >= 15 is 0 Å². The molecule has 0 heterocycles. The molecule has 6 heteroatoms. The number of nitrogens with two attached hydrogens (primary N) is 1. The average molecular weight is 257 g/mol. The highest BCUT2D eigenvalue weighted by molar-refractivity contribution is 5.89. The lowest BCUT2D eigenvalue weighted by atomic mass is 10.00. The van der Waals surface area contributed by atoms with Gasteiger partial charge in [0.15, 0.2) is 0 Å². The van der Waals surface area contributed by atoms with Crippen molar-refractivity contribution in [1.29, 1.82) is 0 Å². The smallest absolute Gasteiger partial charge is 0.340 e. The fourth-order valence-corrected chi connectivity index (χ4v) is 1.54. The number of carbonyl (C=O) groups excluding carboxylic acids is 1. The summed E-state index contributed by atoms with van der Waals surface area (Å²) in [6.45, 7) is 0.212. The van der Waals surface area contributed by atoms with Gasteiger partial charge in [-0.15, -0.1) is 0 Å². The molecular formula is C12H16FNO4. The Morgan fingerprint density at radius 1 is 1.50 bits per heavy atom. The molecule has 2 unspecified atom stereocenters. The van der Waals surface area contributed by atoms with Crippen LogP contribution in [0.4, 0.5) is 4.39 Å². The number of hydrogen-bond acceptors (Lipinski definition) is 5. The van der Waals surface area contributed by atoms with Gasteiger partial charge < -0.3 is 20.7 Å². The molecule has 18 heavy (non-hydrogen) atoms. The Balaban J connectivity index is 3.00. The molecule has 0 aliphatic heterocycles. The van der Waals surface area contributed by atoms with Gasteiger partial charge in [-0.1, -0.05) is 6.07 Å². The second kappa shape index (κ2) is 6.44. The van der Waals surface area contributed by atoms with Crippen molar-refractivity contribution in [2.45, 2.75) is 18.6 Å². The summed E-state index contributed by atoms with van der Waals surface area (Å²) in [4.78, 5) is 11.3. The highest BCUT2D eigenvalue weighted by atomic mass is 19.1. The monoisotopic (exact) mass is 257 g/mol. The summed E-state index contributed by atoms with van der Waals surface area (Å²) in [6.07, 6.45) is -2.09. The fraction of sp³-hybridized carbons (Fsp3) is 0.417. The van der Waals surface area contributed by atoms with E-state index in [9.17, 15) is 19.4 Å². The van der Waals surface area contributed by atoms with Crippen LogP contribution >= 0.6 is 0 Å². The van der Waals surface area contributed by atoms with Crippen LogP contribution in [0.15, 0.2) is 18.2 Å². The highest BCUT2D eigenvalue weighted by Crippen LogP contribution is 2.21. The number of aliphatic hydroxyl groups excluding tert-OH is 2. The van der Waals surface area contributed by atoms with E-state index in [1.54, 1.807) is 0 Å². The van der Waals surface area contributed by atoms with Crippen LogP contribution in [0.5, 0.6) is 0 Å². The van der Waals surface area contributed by atoms with Crippen LogP contribution in [-0.2, 0) is 4.74 Å². The molecule has 0 amide bonds. The van der Waals surface area contributed by atoms with E-state index in [-0.39, 0.29) is 24.1 Å². The first-order valence-corrected chi connectivity index (χ1v) is 5.45. The van der Waals surface area contributed by atoms with Gasteiger partial charge in [0.25, 0.3) is 0 Å². The van der Waals surface area contributed by atoms with Crippen LogP contribution < -0.4 is 5.73 Å². The highest BCUT2D eigenvalue weighted by Gasteiger charge is 2.21. The number of carbonyl (C=O) groups is 1. The van der Waals surface area contributed by atoms with Crippen molar-refractivity contribution in [3.05, 3.63) is 35.1 Å². The minimum atomic E-state index is -1.22. The molecule has 0 radical (unpaired) electrons. The van der Waals surface area contributed by atoms with Crippen molar-refractivity contribution in [3.8, 4) is 0 Å². The molecule has 5 nitrogen and oxygen atoms in total. The van der Waals surface area contributed by atoms with Crippen LogP contribution in [0, 0.1) is 5.82 Å². The van der Waals surface area contributed by atoms with Gasteiger partial charge in [-0.25, -0.2) is 9.18 Å². The summed E-state index contributed by atoms with van der Waals surface area (Å²) in [5.41, 5.74) is 5.21. The van der Waals surface area contributed by atoms with Crippen molar-refractivity contribution < 1.29 is 24.1 Å². The molecule has 4 N–H and O–H groups in total. The lowest BCUT2D eigenvalue weighted by molar-refractivity contribution is 0.0149. The summed E-state index contributed by atoms with van der Waals surface area (Å²) in [6, 6.07) is 3.50. The standard InChI is InChI=1S/C12H16FNO4/c1-18-12(17)8-6-7(2-3-9(8)13)11(16)10(15)4-5-14/h2-3,6,10-11,15-16H,4-5,14H2,1H3. The maximum atomic E-state index is 13.4. The first-order chi connectivity index (χ1) is 8.51. The number of halogens is 1. The van der Waals surface area contributed by atoms with E-state index < -0.39 is 24.0 Å². The summed E-state index contributed by atoms with van der Waals surface area (Å²) in [7, 11) is 1.13. The quantitative estimate of drug-likeness (QED) is 0.662. The summed E-state index contributed by atoms with van der Waals surface area (Å²) >= 11 is 0. The zero-order chi connectivity index (χ0) is 13.7. The number of esters is 1. The predicted octanol–water partition coefficient (Wildman–Crippen LogP) is 0.355. The van der Waals surface area contributed by atoms with Crippen LogP contribution in [-0.4, -0.2) is 35.9 Å². The molecule has 0 saturated carbocycles. The van der Waals surface area contributed by atoms with Crippen LogP contribution in [0.2, 0.25) is 0 Å². The maximum Gasteiger partial charge on any atom is 0.340 e. The predicted molar refractivity (Wildman–Crippen MR) is 62.4 cm³/mol. The minimum absolute atomic E-state index is 0.200. The third-order valence-corrected chi connectivity index (χ3v) is 2.56. The van der Waals surface area contributed by atoms with Gasteiger partial charge in [-0.2, -0.15) is 0 Å². The number of ether oxygens (including phenoxy) is 1. The van der Waals surface area contributed by atoms with Crippen LogP contribution in [0.1, 0.15) is 28.4 Å². The number of rotatable bonds is 5. The Bertz CT molecular complexity index is 425. The average Bonchev–Trinajstić information content (AvgIpc) is 2.38. The molecule has 0 aliphatic rings. The number of hydrogen-bond donors (Lipinski definition) is 3. The molecule has 100 valence electrons. The van der Waals surface area contributed by atoms with Gasteiger partial charge in [0, 0.05) is 0 Å². The SMILES string of the molecule is COC(=O)c1cc(C(O)C(O)CCN)ccc1F. The van der Waals surface area contributed by atoms with E-state index in [0.717, 1.165) is 19.2 Å². The zero-order valence-corrected chi connectivity index (χ0v) is 9.97. The second-order valence-corrected chi connectivity index (χ2v) is 3.82. The molecule has 0 aliphatic carbocycles. The molecule has 1 aromatic carbocycles. The Kier molecular flexibility index (Phi) is 5.21. The third-order valence-electron chi connectivity index (χ3n) is 2.56. The Morgan fingerprint density at radius 2 is 2.17 bits per heavy atom. The first-order valence-electron chi connectivity index (χ1n) is 5.45. The maximum absolute atomic E-state index is 13.4. The summed E-state index contributed by atoms with van der Waals surface area (Å²) < 4.78 is 17.8. The largest absolute Gasteiger partial charge is 0.465 e. The van der Waals surface area contributed by atoms with Crippen LogP contribution in [0.25, 0.3) is 0 Å². The zero-order valence-electron chi connectivity index (χ0n) is 9.97. The first kappa shape index (κ1) is 14.6. The lowest BCUT2D eigenvalue weighted by Crippen LogP contribution is -2.22. The van der Waals surface area contributed by atoms with E-state index in [4.69, 9.17) is 5.73 Å². The fourth-order valence-electron chi connectivity index (χ4n) is 1.54. The van der Waals surface area contributed by atoms with Crippen molar-refractivity contribution in [2.75, 3.05) is 13.7 Å². The van der Waals surface area contributed by atoms with Crippen molar-refractivity contribution in [1.82, 2.24) is 0 Å². The number of benzene rings is 1. The van der Waals surface area contributed by atoms with Crippen molar-refractivity contribution >= 4 is 5.97 Å². The summed E-state index contributed by atoms with van der Waals surface area (Å²) in [5.74, 6) is -1.58. The molecule has 1 aromatic rings. The topological polar surface area (TPSA) is 92.8 Å². The molecule has 1 rings (SSSR count). The third kappa shape index (κ3) is 3.25. The van der Waals surface area contributed by atoms with Gasteiger partial charge in [0.2, 0.25) is 0 Å². The van der Waals surface area contributed by atoms with Gasteiger partial charge >= 0.3 is 5.97 Å². The normalized spacial score (nSPS) is 14.1. The second-order valence-electron chi connectivity index (χ2n) is 3.82. The van der Waals surface area contributed by atoms with E-state index in [1.807, 2.05) is 0 Å². The van der Waals surface area contributed by atoms with Gasteiger partial charge in [0.05, 0.1) is 18.8 Å². The minimum Gasteiger partial charge on any atom is -0.465 e. The van der Waals surface area contributed by atoms with Gasteiger partial charge in [-0.05, 0) is 30.7 Å². The Labute approximate surface area is 104 Å². The number of aliphatic hydroxyl groups is 2. The molecule has 0 aromatic heterocycles. The van der Waals surface area contributed by atoms with E-state index in [0.29, 0.717) is 0 Å². The van der Waals surface area contributed by atoms with E-state index in [1.165, 1.54) is 6.07 Å². The van der Waals surface area contributed by atoms with Crippen molar-refractivity contribution in [2.24, 2.45) is 5.73 Å². The Morgan fingerprint density at radius 3 is 2.72 bits per heavy atom. The molecule has 0 fully saturated rings. The summed E-state index contributed by atoms with van der Waals surface area (Å²) in [5, 5.41) is 19.4. The molecule has 0 saturated heterocycles. The van der Waals surface area contributed by atoms with Gasteiger partial charge in [-0.3, -0.25) is 0 Å². The van der Waals surface area contributed by atoms with Gasteiger partial charge in [0.1, 0.15) is 11.9 Å². The van der Waals surface area contributed by atoms with E-state index in [2.05, 4.69) is 4.74 Å². The number of methoxy groups -OCH3 is 1. The molecule has 2 atom stereocenters.